The summed E-state index contributed by atoms with van der Waals surface area (Å²) >= 11 is 0. The van der Waals surface area contributed by atoms with Gasteiger partial charge in [0.25, 0.3) is 0 Å². The van der Waals surface area contributed by atoms with E-state index in [1.807, 2.05) is 11.8 Å². The number of fused-ring (bicyclic) bond motifs is 1. The van der Waals surface area contributed by atoms with E-state index in [2.05, 4.69) is 15.3 Å². The molecule has 0 radical (unpaired) electrons. The first-order chi connectivity index (χ1) is 13.5. The summed E-state index contributed by atoms with van der Waals surface area (Å²) in [6.07, 6.45) is 6.26. The topological polar surface area (TPSA) is 78.4 Å². The van der Waals surface area contributed by atoms with Gasteiger partial charge in [-0.1, -0.05) is 19.3 Å². The van der Waals surface area contributed by atoms with Crippen molar-refractivity contribution in [2.24, 2.45) is 0 Å². The van der Waals surface area contributed by atoms with Crippen molar-refractivity contribution in [3.8, 4) is 0 Å². The van der Waals surface area contributed by atoms with Crippen LogP contribution in [0.5, 0.6) is 0 Å². The van der Waals surface area contributed by atoms with Gasteiger partial charge >= 0.3 is 0 Å². The molecule has 1 aliphatic heterocycles. The van der Waals surface area contributed by atoms with E-state index in [0.717, 1.165) is 44.9 Å². The van der Waals surface area contributed by atoms with Crippen LogP contribution in [0.15, 0.2) is 18.2 Å². The van der Waals surface area contributed by atoms with Crippen molar-refractivity contribution >= 4 is 22.8 Å². The van der Waals surface area contributed by atoms with E-state index in [1.54, 1.807) is 6.07 Å². The zero-order chi connectivity index (χ0) is 19.7. The van der Waals surface area contributed by atoms with Gasteiger partial charge in [0.1, 0.15) is 11.9 Å². The Morgan fingerprint density at radius 3 is 2.86 bits per heavy atom. The van der Waals surface area contributed by atoms with Crippen LogP contribution in [-0.2, 0) is 4.79 Å². The van der Waals surface area contributed by atoms with E-state index >= 15 is 0 Å². The van der Waals surface area contributed by atoms with Crippen molar-refractivity contribution in [1.29, 1.82) is 0 Å². The van der Waals surface area contributed by atoms with E-state index < -0.39 is 5.60 Å². The number of nitrogens with one attached hydrogen (secondary N) is 1. The SMILES string of the molecule is Cc1nc(N2CCCC2C(=O)NCC2(O)CCCCC2)nc2ccc(F)cc12. The number of nitrogens with zero attached hydrogens (tertiary/aromatic N) is 3. The molecule has 4 rings (SSSR count). The highest BCUT2D eigenvalue weighted by Crippen LogP contribution is 2.29. The molecule has 6 nitrogen and oxygen atoms in total. The van der Waals surface area contributed by atoms with E-state index in [-0.39, 0.29) is 17.8 Å². The molecule has 2 heterocycles. The fraction of sp³-hybridized carbons (Fsp3) is 0.571. The Morgan fingerprint density at radius 1 is 1.29 bits per heavy atom. The summed E-state index contributed by atoms with van der Waals surface area (Å²) in [6, 6.07) is 4.13. The second-order valence-electron chi connectivity index (χ2n) is 8.12. The highest BCUT2D eigenvalue weighted by molar-refractivity contribution is 5.86. The molecule has 1 saturated heterocycles. The maximum Gasteiger partial charge on any atom is 0.242 e. The first kappa shape index (κ1) is 19.1. The number of anilines is 1. The summed E-state index contributed by atoms with van der Waals surface area (Å²) < 4.78 is 13.5. The minimum atomic E-state index is -0.780. The first-order valence-corrected chi connectivity index (χ1v) is 10.2. The summed E-state index contributed by atoms with van der Waals surface area (Å²) in [6.45, 7) is 2.83. The Labute approximate surface area is 164 Å². The van der Waals surface area contributed by atoms with Crippen LogP contribution in [0.3, 0.4) is 0 Å². The average molecular weight is 386 g/mol. The lowest BCUT2D eigenvalue weighted by atomic mass is 9.85. The van der Waals surface area contributed by atoms with Crippen LogP contribution in [0.1, 0.15) is 50.6 Å². The number of carbonyl (C=O) groups is 1. The van der Waals surface area contributed by atoms with Crippen molar-refractivity contribution in [2.75, 3.05) is 18.0 Å². The summed E-state index contributed by atoms with van der Waals surface area (Å²) in [5.41, 5.74) is 0.589. The maximum atomic E-state index is 13.5. The monoisotopic (exact) mass is 386 g/mol. The van der Waals surface area contributed by atoms with Gasteiger partial charge < -0.3 is 15.3 Å². The van der Waals surface area contributed by atoms with Gasteiger partial charge in [0.2, 0.25) is 11.9 Å². The maximum absolute atomic E-state index is 13.5. The highest BCUT2D eigenvalue weighted by Gasteiger charge is 2.35. The Hall–Kier alpha value is -2.28. The minimum absolute atomic E-state index is 0.0862. The van der Waals surface area contributed by atoms with Crippen molar-refractivity contribution in [3.05, 3.63) is 29.7 Å². The molecule has 28 heavy (non-hydrogen) atoms. The Bertz CT molecular complexity index is 882. The number of aryl methyl sites for hydroxylation is 1. The second-order valence-corrected chi connectivity index (χ2v) is 8.12. The van der Waals surface area contributed by atoms with Gasteiger partial charge in [-0.25, -0.2) is 14.4 Å². The third-order valence-electron chi connectivity index (χ3n) is 6.02. The van der Waals surface area contributed by atoms with Crippen molar-refractivity contribution < 1.29 is 14.3 Å². The van der Waals surface area contributed by atoms with Gasteiger partial charge in [-0.05, 0) is 50.8 Å². The van der Waals surface area contributed by atoms with Gasteiger partial charge in [0.05, 0.1) is 16.8 Å². The molecule has 1 atom stereocenters. The normalized spacial score (nSPS) is 21.8. The summed E-state index contributed by atoms with van der Waals surface area (Å²) in [4.78, 5) is 23.9. The van der Waals surface area contributed by atoms with Crippen LogP contribution < -0.4 is 10.2 Å². The number of aliphatic hydroxyl groups is 1. The van der Waals surface area contributed by atoms with Crippen LogP contribution in [0.4, 0.5) is 10.3 Å². The summed E-state index contributed by atoms with van der Waals surface area (Å²) in [5, 5.41) is 14.3. The molecular formula is C21H27FN4O2. The predicted molar refractivity (Wildman–Crippen MR) is 106 cm³/mol. The molecule has 1 aromatic heterocycles. The van der Waals surface area contributed by atoms with E-state index in [0.29, 0.717) is 35.6 Å². The number of hydrogen-bond donors (Lipinski definition) is 2. The van der Waals surface area contributed by atoms with Crippen LogP contribution in [0.25, 0.3) is 10.9 Å². The zero-order valence-corrected chi connectivity index (χ0v) is 16.2. The van der Waals surface area contributed by atoms with Crippen LogP contribution in [-0.4, -0.2) is 45.7 Å². The Morgan fingerprint density at radius 2 is 2.07 bits per heavy atom. The third-order valence-corrected chi connectivity index (χ3v) is 6.02. The molecule has 150 valence electrons. The van der Waals surface area contributed by atoms with Gasteiger partial charge in [0.15, 0.2) is 0 Å². The molecule has 0 spiro atoms. The molecule has 2 aliphatic rings. The molecule has 1 saturated carbocycles. The highest BCUT2D eigenvalue weighted by atomic mass is 19.1. The van der Waals surface area contributed by atoms with Crippen LogP contribution >= 0.6 is 0 Å². The van der Waals surface area contributed by atoms with E-state index in [1.165, 1.54) is 12.1 Å². The number of halogens is 1. The summed E-state index contributed by atoms with van der Waals surface area (Å²) in [5.74, 6) is 0.105. The Balaban J connectivity index is 1.51. The fourth-order valence-electron chi connectivity index (χ4n) is 4.40. The molecule has 2 N–H and O–H groups in total. The average Bonchev–Trinajstić information content (AvgIpc) is 3.17. The first-order valence-electron chi connectivity index (χ1n) is 10.2. The molecule has 7 heteroatoms. The standard InChI is InChI=1S/C21H27FN4O2/c1-14-16-12-15(22)7-8-17(16)25-20(24-14)26-11-5-6-18(26)19(27)23-13-21(28)9-3-2-4-10-21/h7-8,12,18,28H,2-6,9-11,13H2,1H3,(H,23,27). The van der Waals surface area contributed by atoms with Gasteiger partial charge in [0, 0.05) is 18.5 Å². The third kappa shape index (κ3) is 3.81. The fourth-order valence-corrected chi connectivity index (χ4v) is 4.40. The molecule has 1 aliphatic carbocycles. The van der Waals surface area contributed by atoms with E-state index in [9.17, 15) is 14.3 Å². The number of benzene rings is 1. The second kappa shape index (κ2) is 7.62. The number of hydrogen-bond acceptors (Lipinski definition) is 5. The molecule has 1 aromatic carbocycles. The lowest BCUT2D eigenvalue weighted by Gasteiger charge is -2.33. The molecular weight excluding hydrogens is 359 g/mol. The number of carbonyl (C=O) groups excluding carboxylic acids is 1. The van der Waals surface area contributed by atoms with Crippen LogP contribution in [0, 0.1) is 12.7 Å². The van der Waals surface area contributed by atoms with Gasteiger partial charge in [-0.2, -0.15) is 0 Å². The lowest BCUT2D eigenvalue weighted by molar-refractivity contribution is -0.123. The van der Waals surface area contributed by atoms with Crippen LogP contribution in [0.2, 0.25) is 0 Å². The largest absolute Gasteiger partial charge is 0.388 e. The number of amides is 1. The summed E-state index contributed by atoms with van der Waals surface area (Å²) in [7, 11) is 0. The lowest BCUT2D eigenvalue weighted by Crippen LogP contribution is -2.50. The van der Waals surface area contributed by atoms with Crippen molar-refractivity contribution in [2.45, 2.75) is 63.5 Å². The van der Waals surface area contributed by atoms with Gasteiger partial charge in [-0.3, -0.25) is 4.79 Å². The van der Waals surface area contributed by atoms with Crippen molar-refractivity contribution in [3.63, 3.8) is 0 Å². The number of rotatable bonds is 4. The molecule has 2 aromatic rings. The quantitative estimate of drug-likeness (QED) is 0.845. The zero-order valence-electron chi connectivity index (χ0n) is 16.2. The molecule has 0 bridgehead atoms. The predicted octanol–water partition coefficient (Wildman–Crippen LogP) is 2.86. The van der Waals surface area contributed by atoms with Crippen molar-refractivity contribution in [1.82, 2.24) is 15.3 Å². The van der Waals surface area contributed by atoms with E-state index in [4.69, 9.17) is 0 Å². The molecule has 1 unspecified atom stereocenters. The number of aromatic nitrogens is 2. The van der Waals surface area contributed by atoms with Gasteiger partial charge in [-0.15, -0.1) is 0 Å². The molecule has 1 amide bonds. The minimum Gasteiger partial charge on any atom is -0.388 e. The smallest absolute Gasteiger partial charge is 0.242 e. The Kier molecular flexibility index (Phi) is 5.19. The molecule has 2 fully saturated rings.